The lowest BCUT2D eigenvalue weighted by Crippen LogP contribution is -2.41. The molecule has 0 heterocycles. The Morgan fingerprint density at radius 2 is 2.07 bits per heavy atom. The summed E-state index contributed by atoms with van der Waals surface area (Å²) in [5, 5.41) is 8.59. The van der Waals surface area contributed by atoms with E-state index in [1.807, 2.05) is 5.48 Å². The lowest BCUT2D eigenvalue weighted by molar-refractivity contribution is -0.155. The average Bonchev–Trinajstić information content (AvgIpc) is 2.10. The molecule has 0 aromatic carbocycles. The summed E-state index contributed by atoms with van der Waals surface area (Å²) in [5.41, 5.74) is 6.82. The van der Waals surface area contributed by atoms with E-state index >= 15 is 0 Å². The Morgan fingerprint density at radius 1 is 1.53 bits per heavy atom. The van der Waals surface area contributed by atoms with Gasteiger partial charge in [-0.25, -0.2) is 4.79 Å². The Bertz CT molecular complexity index is 299. The minimum atomic E-state index is -1.36. The highest BCUT2D eigenvalue weighted by atomic mass is 16.7. The van der Waals surface area contributed by atoms with Gasteiger partial charge in [-0.05, 0) is 6.92 Å². The molecule has 0 rings (SSSR count). The molecule has 0 fully saturated rings. The van der Waals surface area contributed by atoms with Crippen LogP contribution in [0.25, 0.3) is 0 Å². The molecule has 84 valence electrons. The molecular weight excluding hydrogens is 204 g/mol. The van der Waals surface area contributed by atoms with Gasteiger partial charge in [0.2, 0.25) is 5.91 Å². The van der Waals surface area contributed by atoms with Crippen LogP contribution in [-0.4, -0.2) is 29.0 Å². The van der Waals surface area contributed by atoms with Gasteiger partial charge in [-0.2, -0.15) is 0 Å². The van der Waals surface area contributed by atoms with Crippen LogP contribution in [0.4, 0.5) is 0 Å². The molecule has 0 aromatic heterocycles. The number of hydrogen-bond acceptors (Lipinski definition) is 5. The molecule has 0 aromatic rings. The number of nitrogens with two attached hydrogens (primary N) is 1. The van der Waals surface area contributed by atoms with Crippen molar-refractivity contribution in [3.63, 3.8) is 0 Å². The van der Waals surface area contributed by atoms with E-state index in [0.29, 0.717) is 0 Å². The predicted octanol–water partition coefficient (Wildman–Crippen LogP) is -1.06. The monoisotopic (exact) mass is 216 g/mol. The standard InChI is InChI=1S/C8H12N2O5/c1-4(2)8(14)15-10-5(7(12)13)3-6(9)11/h5,10H,1,3H2,2H3,(H2,9,11)(H,12,13)/t5-/m0/s1. The Morgan fingerprint density at radius 3 is 2.40 bits per heavy atom. The molecule has 0 aliphatic carbocycles. The van der Waals surface area contributed by atoms with Gasteiger partial charge in [-0.3, -0.25) is 9.59 Å². The summed E-state index contributed by atoms with van der Waals surface area (Å²) in [7, 11) is 0. The average molecular weight is 216 g/mol. The van der Waals surface area contributed by atoms with Gasteiger partial charge in [0, 0.05) is 5.57 Å². The van der Waals surface area contributed by atoms with E-state index in [1.165, 1.54) is 6.92 Å². The first-order valence-corrected chi connectivity index (χ1v) is 3.98. The molecule has 0 saturated heterocycles. The number of hydroxylamine groups is 1. The van der Waals surface area contributed by atoms with Crippen molar-refractivity contribution in [2.75, 3.05) is 0 Å². The van der Waals surface area contributed by atoms with Crippen molar-refractivity contribution < 1.29 is 24.3 Å². The Kier molecular flexibility index (Phi) is 5.03. The van der Waals surface area contributed by atoms with Crippen LogP contribution in [0.5, 0.6) is 0 Å². The molecule has 4 N–H and O–H groups in total. The molecule has 0 bridgehead atoms. The number of hydrogen-bond donors (Lipinski definition) is 3. The van der Waals surface area contributed by atoms with Crippen molar-refractivity contribution in [3.8, 4) is 0 Å². The van der Waals surface area contributed by atoms with E-state index in [1.54, 1.807) is 0 Å². The zero-order valence-corrected chi connectivity index (χ0v) is 8.15. The fraction of sp³-hybridized carbons (Fsp3) is 0.375. The number of amides is 1. The molecule has 0 aliphatic rings. The highest BCUT2D eigenvalue weighted by Crippen LogP contribution is 1.95. The van der Waals surface area contributed by atoms with Gasteiger partial charge in [-0.1, -0.05) is 6.58 Å². The van der Waals surface area contributed by atoms with Crippen LogP contribution in [0.3, 0.4) is 0 Å². The molecule has 7 heteroatoms. The van der Waals surface area contributed by atoms with Gasteiger partial charge in [0.05, 0.1) is 6.42 Å². The first-order chi connectivity index (χ1) is 6.84. The first kappa shape index (κ1) is 13.1. The number of nitrogens with one attached hydrogen (secondary N) is 1. The topological polar surface area (TPSA) is 119 Å². The summed E-state index contributed by atoms with van der Waals surface area (Å²) >= 11 is 0. The van der Waals surface area contributed by atoms with Crippen LogP contribution in [-0.2, 0) is 19.2 Å². The normalized spacial score (nSPS) is 11.5. The Balaban J connectivity index is 4.19. The molecule has 15 heavy (non-hydrogen) atoms. The second kappa shape index (κ2) is 5.76. The summed E-state index contributed by atoms with van der Waals surface area (Å²) in [6.07, 6.45) is -0.473. The minimum absolute atomic E-state index is 0.103. The smallest absolute Gasteiger partial charge is 0.351 e. The van der Waals surface area contributed by atoms with Crippen LogP contribution < -0.4 is 11.2 Å². The lowest BCUT2D eigenvalue weighted by atomic mass is 10.2. The van der Waals surface area contributed by atoms with Gasteiger partial charge < -0.3 is 15.7 Å². The third-order valence-electron chi connectivity index (χ3n) is 1.35. The number of primary amides is 1. The maximum atomic E-state index is 10.9. The Hall–Kier alpha value is -1.89. The van der Waals surface area contributed by atoms with Crippen molar-refractivity contribution in [1.29, 1.82) is 0 Å². The van der Waals surface area contributed by atoms with Crippen molar-refractivity contribution >= 4 is 17.8 Å². The molecule has 1 atom stereocenters. The van der Waals surface area contributed by atoms with E-state index in [-0.39, 0.29) is 5.57 Å². The SMILES string of the molecule is C=C(C)C(=O)ON[C@@H](CC(N)=O)C(=O)O. The lowest BCUT2D eigenvalue weighted by Gasteiger charge is -2.11. The predicted molar refractivity (Wildman–Crippen MR) is 49.3 cm³/mol. The minimum Gasteiger partial charge on any atom is -0.480 e. The first-order valence-electron chi connectivity index (χ1n) is 3.98. The summed E-state index contributed by atoms with van der Waals surface area (Å²) in [6, 6.07) is -1.36. The molecule has 0 radical (unpaired) electrons. The van der Waals surface area contributed by atoms with Gasteiger partial charge in [0.25, 0.3) is 0 Å². The molecule has 0 saturated carbocycles. The molecule has 0 spiro atoms. The number of carbonyl (C=O) groups is 3. The quantitative estimate of drug-likeness (QED) is 0.384. The van der Waals surface area contributed by atoms with Crippen molar-refractivity contribution in [2.24, 2.45) is 5.73 Å². The van der Waals surface area contributed by atoms with Crippen molar-refractivity contribution in [1.82, 2.24) is 5.48 Å². The van der Waals surface area contributed by atoms with E-state index in [2.05, 4.69) is 11.4 Å². The van der Waals surface area contributed by atoms with Gasteiger partial charge in [-0.15, -0.1) is 5.48 Å². The van der Waals surface area contributed by atoms with Crippen LogP contribution in [0.1, 0.15) is 13.3 Å². The van der Waals surface area contributed by atoms with E-state index in [4.69, 9.17) is 10.8 Å². The Labute approximate surface area is 85.8 Å². The van der Waals surface area contributed by atoms with Gasteiger partial charge >= 0.3 is 11.9 Å². The van der Waals surface area contributed by atoms with Crippen LogP contribution in [0, 0.1) is 0 Å². The molecule has 1 amide bonds. The molecule has 7 nitrogen and oxygen atoms in total. The largest absolute Gasteiger partial charge is 0.480 e. The van der Waals surface area contributed by atoms with E-state index in [0.717, 1.165) is 0 Å². The third-order valence-corrected chi connectivity index (χ3v) is 1.35. The summed E-state index contributed by atoms with van der Waals surface area (Å²) in [4.78, 5) is 36.2. The number of carboxylic acid groups (broad SMARTS) is 1. The summed E-state index contributed by atoms with van der Waals surface area (Å²) in [5.74, 6) is -2.96. The summed E-state index contributed by atoms with van der Waals surface area (Å²) in [6.45, 7) is 4.68. The number of rotatable bonds is 6. The number of carboxylic acids is 1. The summed E-state index contributed by atoms with van der Waals surface area (Å²) < 4.78 is 0. The van der Waals surface area contributed by atoms with Crippen LogP contribution >= 0.6 is 0 Å². The number of aliphatic carboxylic acids is 1. The molecular formula is C8H12N2O5. The fourth-order valence-corrected chi connectivity index (χ4v) is 0.592. The van der Waals surface area contributed by atoms with Gasteiger partial charge in [0.15, 0.2) is 0 Å². The maximum absolute atomic E-state index is 10.9. The zero-order chi connectivity index (χ0) is 12.0. The molecule has 0 aliphatic heterocycles. The fourth-order valence-electron chi connectivity index (χ4n) is 0.592. The zero-order valence-electron chi connectivity index (χ0n) is 8.15. The number of carbonyl (C=O) groups excluding carboxylic acids is 2. The van der Waals surface area contributed by atoms with Crippen molar-refractivity contribution in [3.05, 3.63) is 12.2 Å². The van der Waals surface area contributed by atoms with Crippen molar-refractivity contribution in [2.45, 2.75) is 19.4 Å². The third kappa shape index (κ3) is 5.42. The van der Waals surface area contributed by atoms with Gasteiger partial charge in [0.1, 0.15) is 6.04 Å². The highest BCUT2D eigenvalue weighted by molar-refractivity contribution is 5.87. The second-order valence-corrected chi connectivity index (χ2v) is 2.85. The van der Waals surface area contributed by atoms with E-state index in [9.17, 15) is 14.4 Å². The maximum Gasteiger partial charge on any atom is 0.351 e. The molecule has 0 unspecified atom stereocenters. The van der Waals surface area contributed by atoms with E-state index < -0.39 is 30.3 Å². The van der Waals surface area contributed by atoms with Crippen LogP contribution in [0.2, 0.25) is 0 Å². The van der Waals surface area contributed by atoms with Crippen LogP contribution in [0.15, 0.2) is 12.2 Å². The second-order valence-electron chi connectivity index (χ2n) is 2.85. The highest BCUT2D eigenvalue weighted by Gasteiger charge is 2.21.